The Morgan fingerprint density at radius 1 is 1.50 bits per heavy atom. The van der Waals surface area contributed by atoms with E-state index < -0.39 is 0 Å². The van der Waals surface area contributed by atoms with E-state index in [0.29, 0.717) is 41.3 Å². The van der Waals surface area contributed by atoms with Gasteiger partial charge in [0, 0.05) is 19.2 Å². The van der Waals surface area contributed by atoms with Crippen LogP contribution in [0.2, 0.25) is 0 Å². The van der Waals surface area contributed by atoms with Gasteiger partial charge in [-0.05, 0) is 35.0 Å². The molecule has 2 rings (SSSR count). The van der Waals surface area contributed by atoms with Crippen molar-refractivity contribution in [3.05, 3.63) is 22.2 Å². The Bertz CT molecular complexity index is 568. The molecule has 0 spiro atoms. The molecule has 0 radical (unpaired) electrons. The first-order valence-electron chi connectivity index (χ1n) is 6.27. The van der Waals surface area contributed by atoms with Crippen molar-refractivity contribution < 1.29 is 14.3 Å². The number of halogens is 1. The van der Waals surface area contributed by atoms with Crippen molar-refractivity contribution in [1.82, 2.24) is 4.90 Å². The summed E-state index contributed by atoms with van der Waals surface area (Å²) in [6, 6.07) is 5.50. The van der Waals surface area contributed by atoms with Gasteiger partial charge in [-0.15, -0.1) is 0 Å². The van der Waals surface area contributed by atoms with Crippen molar-refractivity contribution in [2.45, 2.75) is 6.92 Å². The van der Waals surface area contributed by atoms with Gasteiger partial charge in [0.25, 0.3) is 5.91 Å². The molecule has 0 aromatic heterocycles. The molecule has 6 heteroatoms. The second-order valence-electron chi connectivity index (χ2n) is 4.70. The average molecular weight is 339 g/mol. The highest BCUT2D eigenvalue weighted by Crippen LogP contribution is 2.38. The molecule has 1 atom stereocenters. The van der Waals surface area contributed by atoms with Crippen LogP contribution < -0.4 is 9.47 Å². The van der Waals surface area contributed by atoms with E-state index in [9.17, 15) is 4.79 Å². The first-order valence-corrected chi connectivity index (χ1v) is 7.06. The number of carbonyl (C=O) groups excluding carboxylic acids is 1. The molecule has 1 heterocycles. The van der Waals surface area contributed by atoms with Gasteiger partial charge in [-0.3, -0.25) is 4.79 Å². The van der Waals surface area contributed by atoms with Crippen LogP contribution in [0, 0.1) is 17.2 Å². The van der Waals surface area contributed by atoms with Crippen LogP contribution in [0.1, 0.15) is 17.3 Å². The van der Waals surface area contributed by atoms with Gasteiger partial charge in [0.2, 0.25) is 0 Å². The van der Waals surface area contributed by atoms with Crippen molar-refractivity contribution in [2.75, 3.05) is 26.8 Å². The predicted molar refractivity (Wildman–Crippen MR) is 76.9 cm³/mol. The van der Waals surface area contributed by atoms with E-state index in [2.05, 4.69) is 22.0 Å². The highest BCUT2D eigenvalue weighted by molar-refractivity contribution is 9.10. The zero-order valence-corrected chi connectivity index (χ0v) is 12.9. The van der Waals surface area contributed by atoms with Crippen molar-refractivity contribution in [1.29, 1.82) is 5.26 Å². The molecule has 0 saturated heterocycles. The summed E-state index contributed by atoms with van der Waals surface area (Å²) in [5.41, 5.74) is 0.508. The Labute approximate surface area is 126 Å². The highest BCUT2D eigenvalue weighted by Gasteiger charge is 2.21. The first-order chi connectivity index (χ1) is 9.52. The molecule has 0 fully saturated rings. The van der Waals surface area contributed by atoms with E-state index in [0.717, 1.165) is 0 Å². The zero-order chi connectivity index (χ0) is 14.7. The summed E-state index contributed by atoms with van der Waals surface area (Å²) in [6.45, 7) is 3.14. The first kappa shape index (κ1) is 14.7. The van der Waals surface area contributed by atoms with Crippen molar-refractivity contribution >= 4 is 21.8 Å². The van der Waals surface area contributed by atoms with Gasteiger partial charge in [0.05, 0.1) is 16.5 Å². The molecule has 1 aliphatic heterocycles. The fourth-order valence-electron chi connectivity index (χ4n) is 1.99. The van der Waals surface area contributed by atoms with Crippen LogP contribution in [0.3, 0.4) is 0 Å². The molecule has 1 amide bonds. The predicted octanol–water partition coefficient (Wildman–Crippen LogP) is 2.45. The fraction of sp³-hybridized carbons (Fsp3) is 0.429. The monoisotopic (exact) mass is 338 g/mol. The molecular formula is C14H15BrN2O3. The summed E-state index contributed by atoms with van der Waals surface area (Å²) in [5, 5.41) is 8.81. The number of amides is 1. The number of nitriles is 1. The summed E-state index contributed by atoms with van der Waals surface area (Å²) >= 11 is 3.39. The number of rotatable bonds is 3. The van der Waals surface area contributed by atoms with E-state index in [4.69, 9.17) is 14.7 Å². The van der Waals surface area contributed by atoms with Crippen LogP contribution in [0.5, 0.6) is 11.5 Å². The van der Waals surface area contributed by atoms with Crippen LogP contribution in [0.4, 0.5) is 0 Å². The van der Waals surface area contributed by atoms with Gasteiger partial charge in [0.1, 0.15) is 13.2 Å². The van der Waals surface area contributed by atoms with Gasteiger partial charge in [0.15, 0.2) is 11.5 Å². The van der Waals surface area contributed by atoms with Crippen LogP contribution in [0.15, 0.2) is 16.6 Å². The van der Waals surface area contributed by atoms with Crippen molar-refractivity contribution in [3.8, 4) is 17.6 Å². The number of hydrogen-bond acceptors (Lipinski definition) is 4. The number of ether oxygens (including phenoxy) is 2. The molecule has 0 bridgehead atoms. The SMILES string of the molecule is C[C@H](C#N)CN(C)C(=O)c1cc(Br)c2c(c1)OCCO2. The topological polar surface area (TPSA) is 62.6 Å². The Morgan fingerprint density at radius 2 is 2.20 bits per heavy atom. The molecule has 5 nitrogen and oxygen atoms in total. The normalized spacial score (nSPS) is 14.3. The third-order valence-corrected chi connectivity index (χ3v) is 3.55. The Balaban J connectivity index is 2.22. The molecule has 0 unspecified atom stereocenters. The Morgan fingerprint density at radius 3 is 2.90 bits per heavy atom. The fourth-order valence-corrected chi connectivity index (χ4v) is 2.55. The van der Waals surface area contributed by atoms with Gasteiger partial charge in [-0.2, -0.15) is 5.26 Å². The Hall–Kier alpha value is -1.74. The second kappa shape index (κ2) is 6.14. The minimum Gasteiger partial charge on any atom is -0.486 e. The Kier molecular flexibility index (Phi) is 4.50. The molecule has 1 aromatic carbocycles. The molecule has 106 valence electrons. The minimum atomic E-state index is -0.204. The smallest absolute Gasteiger partial charge is 0.253 e. The molecular weight excluding hydrogens is 324 g/mol. The summed E-state index contributed by atoms with van der Waals surface area (Å²) in [7, 11) is 1.68. The van der Waals surface area contributed by atoms with Crippen LogP contribution >= 0.6 is 15.9 Å². The summed E-state index contributed by atoms with van der Waals surface area (Å²) in [5.74, 6) is 0.839. The van der Waals surface area contributed by atoms with E-state index in [-0.39, 0.29) is 11.8 Å². The van der Waals surface area contributed by atoms with Crippen molar-refractivity contribution in [2.24, 2.45) is 5.92 Å². The van der Waals surface area contributed by atoms with Gasteiger partial charge >= 0.3 is 0 Å². The number of fused-ring (bicyclic) bond motifs is 1. The summed E-state index contributed by atoms with van der Waals surface area (Å²) in [6.07, 6.45) is 0. The third-order valence-electron chi connectivity index (χ3n) is 2.96. The van der Waals surface area contributed by atoms with Crippen LogP contribution in [-0.2, 0) is 0 Å². The molecule has 0 aliphatic carbocycles. The quantitative estimate of drug-likeness (QED) is 0.849. The minimum absolute atomic E-state index is 0.148. The third kappa shape index (κ3) is 3.05. The maximum atomic E-state index is 12.3. The molecule has 20 heavy (non-hydrogen) atoms. The van der Waals surface area contributed by atoms with Gasteiger partial charge in [-0.25, -0.2) is 0 Å². The lowest BCUT2D eigenvalue weighted by Gasteiger charge is -2.22. The lowest BCUT2D eigenvalue weighted by atomic mass is 10.1. The molecule has 0 N–H and O–H groups in total. The van der Waals surface area contributed by atoms with Crippen molar-refractivity contribution in [3.63, 3.8) is 0 Å². The highest BCUT2D eigenvalue weighted by atomic mass is 79.9. The maximum absolute atomic E-state index is 12.3. The van der Waals surface area contributed by atoms with Crippen LogP contribution in [0.25, 0.3) is 0 Å². The largest absolute Gasteiger partial charge is 0.486 e. The zero-order valence-electron chi connectivity index (χ0n) is 11.4. The lowest BCUT2D eigenvalue weighted by molar-refractivity contribution is 0.0784. The number of hydrogen-bond donors (Lipinski definition) is 0. The maximum Gasteiger partial charge on any atom is 0.253 e. The number of benzene rings is 1. The average Bonchev–Trinajstić information content (AvgIpc) is 2.46. The lowest BCUT2D eigenvalue weighted by Crippen LogP contribution is -2.30. The summed E-state index contributed by atoms with van der Waals surface area (Å²) in [4.78, 5) is 13.9. The second-order valence-corrected chi connectivity index (χ2v) is 5.55. The van der Waals surface area contributed by atoms with E-state index in [1.807, 2.05) is 0 Å². The standard InChI is InChI=1S/C14H15BrN2O3/c1-9(7-16)8-17(2)14(18)10-5-11(15)13-12(6-10)19-3-4-20-13/h5-6,9H,3-4,8H2,1-2H3/t9-/m1/s1. The van der Waals surface area contributed by atoms with E-state index >= 15 is 0 Å². The molecule has 1 aliphatic rings. The van der Waals surface area contributed by atoms with Gasteiger partial charge < -0.3 is 14.4 Å². The van der Waals surface area contributed by atoms with E-state index in [1.165, 1.54) is 4.90 Å². The number of nitrogens with zero attached hydrogens (tertiary/aromatic N) is 2. The molecule has 0 saturated carbocycles. The number of carbonyl (C=O) groups is 1. The van der Waals surface area contributed by atoms with E-state index in [1.54, 1.807) is 26.1 Å². The van der Waals surface area contributed by atoms with Crippen LogP contribution in [-0.4, -0.2) is 37.6 Å². The van der Waals surface area contributed by atoms with Gasteiger partial charge in [-0.1, -0.05) is 0 Å². The summed E-state index contributed by atoms with van der Waals surface area (Å²) < 4.78 is 11.7. The molecule has 1 aromatic rings.